The van der Waals surface area contributed by atoms with Crippen LogP contribution in [0.2, 0.25) is 0 Å². The number of ether oxygens (including phenoxy) is 1. The van der Waals surface area contributed by atoms with Crippen molar-refractivity contribution in [2.24, 2.45) is 0 Å². The molecule has 1 aromatic heterocycles. The average molecular weight is 332 g/mol. The van der Waals surface area contributed by atoms with E-state index in [1.54, 1.807) is 0 Å². The molecule has 2 aromatic rings. The normalized spacial score (nSPS) is 15.2. The predicted molar refractivity (Wildman–Crippen MR) is 73.3 cm³/mol. The lowest BCUT2D eigenvalue weighted by Crippen LogP contribution is -2.06. The Morgan fingerprint density at radius 1 is 1.38 bits per heavy atom. The van der Waals surface area contributed by atoms with Crippen LogP contribution in [0, 0.1) is 5.82 Å². The highest BCUT2D eigenvalue weighted by molar-refractivity contribution is 8.13. The van der Waals surface area contributed by atoms with Crippen molar-refractivity contribution in [3.63, 3.8) is 0 Å². The summed E-state index contributed by atoms with van der Waals surface area (Å²) in [6.45, 7) is 0. The minimum absolute atomic E-state index is 0.00503. The first-order chi connectivity index (χ1) is 9.91. The summed E-state index contributed by atoms with van der Waals surface area (Å²) in [6.07, 6.45) is 1.64. The van der Waals surface area contributed by atoms with Crippen molar-refractivity contribution < 1.29 is 17.5 Å². The van der Waals surface area contributed by atoms with Gasteiger partial charge in [-0.15, -0.1) is 10.2 Å². The molecule has 0 amide bonds. The zero-order valence-corrected chi connectivity index (χ0v) is 12.5. The molecule has 6 nitrogen and oxygen atoms in total. The highest BCUT2D eigenvalue weighted by atomic mass is 35.7. The van der Waals surface area contributed by atoms with Crippen molar-refractivity contribution >= 4 is 19.7 Å². The van der Waals surface area contributed by atoms with Crippen LogP contribution in [-0.2, 0) is 9.05 Å². The van der Waals surface area contributed by atoms with Gasteiger partial charge in [0.25, 0.3) is 14.2 Å². The van der Waals surface area contributed by atoms with Crippen LogP contribution in [0.15, 0.2) is 23.4 Å². The van der Waals surface area contributed by atoms with E-state index in [-0.39, 0.29) is 16.9 Å². The van der Waals surface area contributed by atoms with E-state index in [0.29, 0.717) is 11.4 Å². The van der Waals surface area contributed by atoms with Crippen LogP contribution in [0.4, 0.5) is 4.39 Å². The lowest BCUT2D eigenvalue weighted by atomic mass is 10.2. The van der Waals surface area contributed by atoms with Crippen LogP contribution in [0.5, 0.6) is 5.75 Å². The van der Waals surface area contributed by atoms with E-state index >= 15 is 0 Å². The molecule has 0 radical (unpaired) electrons. The van der Waals surface area contributed by atoms with Gasteiger partial charge in [0.15, 0.2) is 17.4 Å². The zero-order valence-electron chi connectivity index (χ0n) is 11.0. The Bertz CT molecular complexity index is 802. The number of aromatic nitrogens is 3. The van der Waals surface area contributed by atoms with Crippen LogP contribution in [0.3, 0.4) is 0 Å². The van der Waals surface area contributed by atoms with E-state index in [4.69, 9.17) is 15.4 Å². The highest BCUT2D eigenvalue weighted by Gasteiger charge is 2.34. The molecule has 0 bridgehead atoms. The Morgan fingerprint density at radius 2 is 2.10 bits per heavy atom. The molecule has 3 rings (SSSR count). The summed E-state index contributed by atoms with van der Waals surface area (Å²) in [6, 6.07) is 4.16. The third kappa shape index (κ3) is 2.60. The SMILES string of the molecule is COc1cc(-c2nnc(S(=O)(=O)Cl)n2C2CC2)ccc1F. The molecule has 1 fully saturated rings. The molecule has 1 aliphatic rings. The van der Waals surface area contributed by atoms with E-state index < -0.39 is 14.9 Å². The fraction of sp³-hybridized carbons (Fsp3) is 0.333. The Kier molecular flexibility index (Phi) is 3.37. The van der Waals surface area contributed by atoms with Gasteiger partial charge >= 0.3 is 0 Å². The Hall–Kier alpha value is -1.67. The molecule has 1 aliphatic carbocycles. The third-order valence-electron chi connectivity index (χ3n) is 3.20. The van der Waals surface area contributed by atoms with Crippen LogP contribution in [-0.4, -0.2) is 30.3 Å². The molecule has 0 saturated heterocycles. The molecule has 0 atom stereocenters. The standard InChI is InChI=1S/C12H11ClFN3O3S/c1-20-10-6-7(2-5-9(10)14)11-15-16-12(21(13,18)19)17(11)8-3-4-8/h2,5-6,8H,3-4H2,1H3. The fourth-order valence-electron chi connectivity index (χ4n) is 2.10. The van der Waals surface area contributed by atoms with Crippen molar-refractivity contribution in [2.45, 2.75) is 24.0 Å². The molecule has 0 N–H and O–H groups in total. The zero-order chi connectivity index (χ0) is 15.2. The number of hydrogen-bond acceptors (Lipinski definition) is 5. The Balaban J connectivity index is 2.17. The molecule has 1 heterocycles. The topological polar surface area (TPSA) is 74.1 Å². The number of hydrogen-bond donors (Lipinski definition) is 0. The maximum Gasteiger partial charge on any atom is 0.296 e. The predicted octanol–water partition coefficient (Wildman–Crippen LogP) is 2.36. The summed E-state index contributed by atoms with van der Waals surface area (Å²) in [5.74, 6) is -0.132. The van der Waals surface area contributed by atoms with Gasteiger partial charge in [-0.2, -0.15) is 0 Å². The molecular weight excluding hydrogens is 321 g/mol. The van der Waals surface area contributed by atoms with Gasteiger partial charge in [0.05, 0.1) is 7.11 Å². The van der Waals surface area contributed by atoms with E-state index in [1.807, 2.05) is 0 Å². The summed E-state index contributed by atoms with van der Waals surface area (Å²) < 4.78 is 43.0. The molecule has 0 spiro atoms. The lowest BCUT2D eigenvalue weighted by molar-refractivity contribution is 0.386. The first-order valence-electron chi connectivity index (χ1n) is 6.15. The van der Waals surface area contributed by atoms with Gasteiger partial charge in [-0.1, -0.05) is 0 Å². The number of rotatable bonds is 4. The second kappa shape index (κ2) is 4.96. The first kappa shape index (κ1) is 14.3. The minimum Gasteiger partial charge on any atom is -0.494 e. The molecule has 0 aliphatic heterocycles. The molecule has 1 aromatic carbocycles. The second-order valence-corrected chi connectivity index (χ2v) is 7.15. The van der Waals surface area contributed by atoms with Gasteiger partial charge in [-0.05, 0) is 31.0 Å². The van der Waals surface area contributed by atoms with Gasteiger partial charge in [0.1, 0.15) is 0 Å². The fourth-order valence-corrected chi connectivity index (χ4v) is 3.03. The minimum atomic E-state index is -3.99. The van der Waals surface area contributed by atoms with Crippen molar-refractivity contribution in [1.82, 2.24) is 14.8 Å². The molecule has 21 heavy (non-hydrogen) atoms. The van der Waals surface area contributed by atoms with Crippen molar-refractivity contribution in [2.75, 3.05) is 7.11 Å². The van der Waals surface area contributed by atoms with E-state index in [1.165, 1.54) is 29.9 Å². The van der Waals surface area contributed by atoms with Gasteiger partial charge in [0.2, 0.25) is 0 Å². The average Bonchev–Trinajstić information content (AvgIpc) is 3.16. The maximum atomic E-state index is 13.5. The van der Waals surface area contributed by atoms with Crippen molar-refractivity contribution in [1.29, 1.82) is 0 Å². The van der Waals surface area contributed by atoms with E-state index in [0.717, 1.165) is 12.8 Å². The van der Waals surface area contributed by atoms with Gasteiger partial charge < -0.3 is 4.74 Å². The van der Waals surface area contributed by atoms with Crippen molar-refractivity contribution in [3.8, 4) is 17.1 Å². The third-order valence-corrected chi connectivity index (χ3v) is 4.33. The quantitative estimate of drug-likeness (QED) is 0.804. The molecule has 0 unspecified atom stereocenters. The van der Waals surface area contributed by atoms with Gasteiger partial charge in [-0.3, -0.25) is 4.57 Å². The molecule has 9 heteroatoms. The summed E-state index contributed by atoms with van der Waals surface area (Å²) in [5, 5.41) is 7.26. The van der Waals surface area contributed by atoms with Crippen LogP contribution in [0.25, 0.3) is 11.4 Å². The number of methoxy groups -OCH3 is 1. The van der Waals surface area contributed by atoms with Gasteiger partial charge in [-0.25, -0.2) is 12.8 Å². The van der Waals surface area contributed by atoms with E-state index in [9.17, 15) is 12.8 Å². The van der Waals surface area contributed by atoms with E-state index in [2.05, 4.69) is 10.2 Å². The summed E-state index contributed by atoms with van der Waals surface area (Å²) in [7, 11) is 2.74. The first-order valence-corrected chi connectivity index (χ1v) is 8.46. The molecule has 112 valence electrons. The Labute approximate surface area is 124 Å². The Morgan fingerprint density at radius 3 is 2.67 bits per heavy atom. The number of benzene rings is 1. The largest absolute Gasteiger partial charge is 0.494 e. The summed E-state index contributed by atoms with van der Waals surface area (Å²) in [5.41, 5.74) is 0.513. The van der Waals surface area contributed by atoms with Crippen LogP contribution in [0.1, 0.15) is 18.9 Å². The lowest BCUT2D eigenvalue weighted by Gasteiger charge is -2.08. The van der Waals surface area contributed by atoms with Crippen LogP contribution < -0.4 is 4.74 Å². The molecule has 1 saturated carbocycles. The smallest absolute Gasteiger partial charge is 0.296 e. The summed E-state index contributed by atoms with van der Waals surface area (Å²) >= 11 is 0. The van der Waals surface area contributed by atoms with Gasteiger partial charge in [0, 0.05) is 22.3 Å². The molecular formula is C12H11ClFN3O3S. The number of halogens is 2. The second-order valence-electron chi connectivity index (χ2n) is 4.69. The monoisotopic (exact) mass is 331 g/mol. The maximum absolute atomic E-state index is 13.5. The van der Waals surface area contributed by atoms with Crippen molar-refractivity contribution in [3.05, 3.63) is 24.0 Å². The van der Waals surface area contributed by atoms with Crippen LogP contribution >= 0.6 is 10.7 Å². The summed E-state index contributed by atoms with van der Waals surface area (Å²) in [4.78, 5) is 0. The number of nitrogens with zero attached hydrogens (tertiary/aromatic N) is 3. The highest BCUT2D eigenvalue weighted by Crippen LogP contribution is 2.40.